The molecule has 19 unspecified atom stereocenters. The zero-order chi connectivity index (χ0) is 108. The fourth-order valence-electron chi connectivity index (χ4n) is 14.7. The summed E-state index contributed by atoms with van der Waals surface area (Å²) in [6.45, 7) is -12.5. The van der Waals surface area contributed by atoms with Crippen molar-refractivity contribution in [1.29, 1.82) is 0 Å². The zero-order valence-electron chi connectivity index (χ0n) is 84.5. The molecule has 8 bridgehead atoms. The molecule has 3 aromatic heterocycles. The molecular formula is C104H150N4O42. The minimum Gasteiger partial charge on any atom is -0.497 e. The van der Waals surface area contributed by atoms with Crippen LogP contribution in [0.1, 0.15) is 22.8 Å². The van der Waals surface area contributed by atoms with Gasteiger partial charge in [-0.2, -0.15) is 0 Å². The summed E-state index contributed by atoms with van der Waals surface area (Å²) in [4.78, 5) is 18.5. The minimum absolute atomic E-state index is 0.162. The SMILES string of the molecule is COc1ccc(-c2c3nc(c(-c4ccc(OC)cc4)c4ccc([nH]4)c(-c4ccc(OCC(COCC(CO)OCC(CO)OCC(O)COCC(O)COCC(O)COCC(O)CO)OCC(O)COCC(COCC(O)CO)OCC(O)COCC(COCC(O)COCC(O)COCC(O)CO)OCC(O)COCC(COCC(O)CO)OCC(O)CO)cc4)c4nc(c(-c5ccc(OC)cc5)c5ccc2[nH]5)C=C4)C=C3)cc1. The summed E-state index contributed by atoms with van der Waals surface area (Å²) in [7, 11) is 4.85. The molecule has 0 saturated carbocycles. The van der Waals surface area contributed by atoms with Gasteiger partial charge in [0.2, 0.25) is 0 Å². The fraction of sp³-hybridized carbons (Fsp3) is 0.577. The van der Waals surface area contributed by atoms with E-state index in [1.165, 1.54) is 0 Å². The van der Waals surface area contributed by atoms with Gasteiger partial charge in [0.05, 0.1) is 289 Å². The summed E-state index contributed by atoms with van der Waals surface area (Å²) in [5.74, 6) is 2.40. The van der Waals surface area contributed by atoms with Crippen molar-refractivity contribution in [2.24, 2.45) is 0 Å². The first-order chi connectivity index (χ1) is 72.7. The zero-order valence-corrected chi connectivity index (χ0v) is 84.5. The number of aromatic amines is 2. The maximum absolute atomic E-state index is 11.6. The number of hydrogen-bond donors (Lipinski definition) is 22. The normalized spacial score (nSPS) is 16.1. The molecular weight excluding hydrogens is 1980 g/mol. The van der Waals surface area contributed by atoms with Gasteiger partial charge in [-0.15, -0.1) is 0 Å². The highest BCUT2D eigenvalue weighted by molar-refractivity contribution is 6.00. The van der Waals surface area contributed by atoms with Crippen LogP contribution in [0.2, 0.25) is 0 Å². The van der Waals surface area contributed by atoms with Crippen LogP contribution in [0.4, 0.5) is 0 Å². The van der Waals surface area contributed by atoms with Gasteiger partial charge in [-0.05, 0) is 119 Å². The number of benzene rings is 4. The molecule has 0 aliphatic carbocycles. The third kappa shape index (κ3) is 45.3. The van der Waals surface area contributed by atoms with E-state index in [2.05, 4.69) is 9.97 Å². The largest absolute Gasteiger partial charge is 0.497 e. The Morgan fingerprint density at radius 3 is 0.613 bits per heavy atom. The highest BCUT2D eigenvalue weighted by Gasteiger charge is 2.28. The summed E-state index contributed by atoms with van der Waals surface area (Å²) in [5.41, 5.74) is 12.1. The van der Waals surface area contributed by atoms with E-state index in [1.54, 1.807) is 33.5 Å². The van der Waals surface area contributed by atoms with Gasteiger partial charge in [0.1, 0.15) is 146 Å². The number of rotatable bonds is 83. The van der Waals surface area contributed by atoms with Crippen molar-refractivity contribution >= 4 is 46.4 Å². The van der Waals surface area contributed by atoms with Crippen molar-refractivity contribution in [1.82, 2.24) is 19.9 Å². The molecule has 2 aliphatic rings. The lowest BCUT2D eigenvalue weighted by atomic mass is 10.0. The van der Waals surface area contributed by atoms with Crippen LogP contribution >= 0.6 is 0 Å². The Morgan fingerprint density at radius 2 is 0.373 bits per heavy atom. The lowest BCUT2D eigenvalue weighted by Gasteiger charge is -2.24. The van der Waals surface area contributed by atoms with Crippen LogP contribution in [0.5, 0.6) is 23.0 Å². The number of ether oxygens (including phenoxy) is 22. The molecule has 5 heterocycles. The van der Waals surface area contributed by atoms with Crippen LogP contribution in [0.25, 0.3) is 90.9 Å². The molecule has 838 valence electrons. The number of aliphatic hydroxyl groups excluding tert-OH is 20. The molecule has 19 atom stereocenters. The molecule has 46 nitrogen and oxygen atoms in total. The number of H-pyrrole nitrogens is 2. The highest BCUT2D eigenvalue weighted by atomic mass is 16.6. The predicted octanol–water partition coefficient (Wildman–Crippen LogP) is -1.12. The Bertz CT molecular complexity index is 5010. The lowest BCUT2D eigenvalue weighted by molar-refractivity contribution is -0.131. The highest BCUT2D eigenvalue weighted by Crippen LogP contribution is 2.40. The van der Waals surface area contributed by atoms with Crippen molar-refractivity contribution in [3.63, 3.8) is 0 Å². The topological polar surface area (TPSA) is 665 Å². The Labute approximate surface area is 868 Å². The summed E-state index contributed by atoms with van der Waals surface area (Å²) < 4.78 is 126. The molecule has 7 aromatic rings. The van der Waals surface area contributed by atoms with E-state index in [-0.39, 0.29) is 198 Å². The Kier molecular flexibility index (Phi) is 58.6. The maximum Gasteiger partial charge on any atom is 0.119 e. The molecule has 0 saturated heterocycles. The Balaban J connectivity index is 0.897. The maximum atomic E-state index is 11.6. The van der Waals surface area contributed by atoms with Gasteiger partial charge in [-0.1, -0.05) is 48.5 Å². The minimum atomic E-state index is -1.34. The molecule has 0 radical (unpaired) electrons. The van der Waals surface area contributed by atoms with E-state index >= 15 is 0 Å². The first-order valence-corrected chi connectivity index (χ1v) is 49.3. The van der Waals surface area contributed by atoms with E-state index in [4.69, 9.17) is 124 Å². The van der Waals surface area contributed by atoms with Gasteiger partial charge < -0.3 is 216 Å². The van der Waals surface area contributed by atoms with Crippen LogP contribution in [-0.2, 0) is 85.3 Å². The van der Waals surface area contributed by atoms with Gasteiger partial charge in [-0.25, -0.2) is 9.97 Å². The summed E-state index contributed by atoms with van der Waals surface area (Å²) in [6, 6.07) is 38.8. The number of nitrogens with one attached hydrogen (secondary N) is 2. The molecule has 150 heavy (non-hydrogen) atoms. The second-order valence-corrected chi connectivity index (χ2v) is 35.5. The quantitative estimate of drug-likeness (QED) is 0.0215. The molecule has 9 rings (SSSR count). The molecule has 22 N–H and O–H groups in total. The van der Waals surface area contributed by atoms with E-state index in [0.29, 0.717) is 51.3 Å². The third-order valence-corrected chi connectivity index (χ3v) is 22.5. The van der Waals surface area contributed by atoms with Crippen LogP contribution < -0.4 is 18.9 Å². The summed E-state index contributed by atoms with van der Waals surface area (Å²) in [5, 5.41) is 201. The van der Waals surface area contributed by atoms with E-state index in [1.807, 2.05) is 133 Å². The van der Waals surface area contributed by atoms with Crippen molar-refractivity contribution in [2.45, 2.75) is 116 Å². The predicted molar refractivity (Wildman–Crippen MR) is 542 cm³/mol. The van der Waals surface area contributed by atoms with E-state index < -0.39 is 169 Å². The van der Waals surface area contributed by atoms with Gasteiger partial charge in [-0.3, -0.25) is 0 Å². The van der Waals surface area contributed by atoms with E-state index in [9.17, 15) is 91.9 Å². The number of methoxy groups -OCH3 is 3. The van der Waals surface area contributed by atoms with Gasteiger partial charge >= 0.3 is 0 Å². The first kappa shape index (κ1) is 125. The Morgan fingerprint density at radius 1 is 0.193 bits per heavy atom. The summed E-state index contributed by atoms with van der Waals surface area (Å²) >= 11 is 0. The number of nitrogens with zero attached hydrogens (tertiary/aromatic N) is 2. The van der Waals surface area contributed by atoms with Crippen LogP contribution in [0.15, 0.2) is 121 Å². The van der Waals surface area contributed by atoms with Crippen molar-refractivity contribution in [3.8, 4) is 67.5 Å². The van der Waals surface area contributed by atoms with E-state index in [0.717, 1.165) is 61.1 Å². The second kappa shape index (κ2) is 70.5. The molecule has 0 fully saturated rings. The third-order valence-electron chi connectivity index (χ3n) is 22.5. The van der Waals surface area contributed by atoms with Crippen molar-refractivity contribution in [3.05, 3.63) is 144 Å². The second-order valence-electron chi connectivity index (χ2n) is 35.5. The standard InChI is InChI=1S/C104H150N4O42/c1-129-83-12-4-66(5-13-83)101-93-20-22-95(105-93)102(67-6-14-84(130-2)15-7-67)97-24-26-99(107-97)104(100-27-25-98(108-100)103(96-23-21-94(101)106-96)68-8-16-85(131-3)17-9-68)69-10-18-86(19-11-69)149-65-92(63-143-56-87(33-114)150-64-88(34-115)144-52-79(125)47-136-44-77(123)43-134-41-75(121)39-132-35-70(116)28-109)148-55-82(128)50-142-61-90(58-138-38-73(119)31-112)146-53-81(127)49-141-62-91(60-139-46-78(124)45-135-42-76(122)40-133-36-71(117)29-110)147-54-80(126)48-140-59-89(145-51-74(120)32-113)57-137-37-72(118)30-111/h4-27,70-82,87-92,105,108-128H,28-65H2,1-3H3. The molecule has 4 aromatic carbocycles. The van der Waals surface area contributed by atoms with Gasteiger partial charge in [0.15, 0.2) is 0 Å². The lowest BCUT2D eigenvalue weighted by Crippen LogP contribution is -2.37. The first-order valence-electron chi connectivity index (χ1n) is 49.3. The van der Waals surface area contributed by atoms with Gasteiger partial charge in [0.25, 0.3) is 0 Å². The van der Waals surface area contributed by atoms with Gasteiger partial charge in [0, 0.05) is 44.3 Å². The van der Waals surface area contributed by atoms with Crippen LogP contribution in [0, 0.1) is 0 Å². The number of fused-ring (bicyclic) bond motifs is 8. The van der Waals surface area contributed by atoms with Crippen LogP contribution in [-0.4, -0.2) is 510 Å². The van der Waals surface area contributed by atoms with Crippen molar-refractivity contribution in [2.75, 3.05) is 272 Å². The fourth-order valence-corrected chi connectivity index (χ4v) is 14.7. The van der Waals surface area contributed by atoms with Crippen LogP contribution in [0.3, 0.4) is 0 Å². The average Bonchev–Trinajstić information content (AvgIpc) is 1.61. The number of aromatic nitrogens is 4. The molecule has 0 amide bonds. The average molecular weight is 2130 g/mol. The van der Waals surface area contributed by atoms with Crippen molar-refractivity contribution < 1.29 is 206 Å². The monoisotopic (exact) mass is 2130 g/mol. The smallest absolute Gasteiger partial charge is 0.119 e. The molecule has 0 spiro atoms. The number of aliphatic hydroxyl groups is 20. The Hall–Kier alpha value is -8.84. The molecule has 2 aliphatic heterocycles. The molecule has 46 heteroatoms. The summed E-state index contributed by atoms with van der Waals surface area (Å²) in [6.07, 6.45) is -13.5. The number of hydrogen-bond acceptors (Lipinski definition) is 44.